The summed E-state index contributed by atoms with van der Waals surface area (Å²) in [6, 6.07) is 11.8. The van der Waals surface area contributed by atoms with Crippen LogP contribution in [0.5, 0.6) is 0 Å². The number of nitrogens with zero attached hydrogens (tertiary/aromatic N) is 2. The molecule has 2 N–H and O–H groups in total. The Balaban J connectivity index is 0.000000660. The predicted octanol–water partition coefficient (Wildman–Crippen LogP) is 3.66. The van der Waals surface area contributed by atoms with E-state index in [-0.39, 0.29) is 12.4 Å². The standard InChI is InChI=1S/C10H8N2S2.C2H7N.ClH/c1-3-7-11-9(5-1)13-14-10-6-2-4-8-12-10;1-2-3;/h1-8H;2-3H2,1H3;1H. The molecule has 6 heteroatoms. The van der Waals surface area contributed by atoms with Crippen molar-refractivity contribution in [3.05, 3.63) is 48.8 Å². The summed E-state index contributed by atoms with van der Waals surface area (Å²) >= 11 is 0. The zero-order valence-electron chi connectivity index (χ0n) is 10.0. The van der Waals surface area contributed by atoms with Crippen LogP contribution in [0.3, 0.4) is 0 Å². The summed E-state index contributed by atoms with van der Waals surface area (Å²) in [4.78, 5) is 8.42. The van der Waals surface area contributed by atoms with E-state index in [1.807, 2.05) is 43.3 Å². The molecule has 2 aromatic rings. The summed E-state index contributed by atoms with van der Waals surface area (Å²) in [6.45, 7) is 2.65. The predicted molar refractivity (Wildman–Crippen MR) is 82.2 cm³/mol. The van der Waals surface area contributed by atoms with E-state index in [1.54, 1.807) is 34.0 Å². The van der Waals surface area contributed by atoms with Gasteiger partial charge < -0.3 is 5.73 Å². The van der Waals surface area contributed by atoms with Gasteiger partial charge in [-0.1, -0.05) is 19.1 Å². The average Bonchev–Trinajstić information content (AvgIpc) is 2.40. The van der Waals surface area contributed by atoms with Gasteiger partial charge in [-0.2, -0.15) is 0 Å². The Morgan fingerprint density at radius 1 is 0.944 bits per heavy atom. The van der Waals surface area contributed by atoms with Gasteiger partial charge in [-0.05, 0) is 52.4 Å². The van der Waals surface area contributed by atoms with Crippen LogP contribution in [0.15, 0.2) is 58.8 Å². The Bertz CT molecular complexity index is 361. The average molecular weight is 302 g/mol. The van der Waals surface area contributed by atoms with Gasteiger partial charge in [0.2, 0.25) is 0 Å². The quantitative estimate of drug-likeness (QED) is 0.877. The van der Waals surface area contributed by atoms with Crippen LogP contribution in [-0.4, -0.2) is 16.5 Å². The lowest BCUT2D eigenvalue weighted by Gasteiger charge is -1.97. The Kier molecular flexibility index (Phi) is 10.9. The number of hydrogen-bond donors (Lipinski definition) is 1. The van der Waals surface area contributed by atoms with Crippen molar-refractivity contribution >= 4 is 34.0 Å². The zero-order valence-corrected chi connectivity index (χ0v) is 12.5. The molecule has 0 atom stereocenters. The van der Waals surface area contributed by atoms with Gasteiger partial charge >= 0.3 is 0 Å². The largest absolute Gasteiger partial charge is 0.331 e. The minimum absolute atomic E-state index is 0. The minimum atomic E-state index is 0. The van der Waals surface area contributed by atoms with Crippen LogP contribution in [0.25, 0.3) is 0 Å². The van der Waals surface area contributed by atoms with Crippen LogP contribution in [0.4, 0.5) is 0 Å². The second-order valence-corrected chi connectivity index (χ2v) is 5.08. The fraction of sp³-hybridized carbons (Fsp3) is 0.167. The maximum atomic E-state index is 4.85. The Hall–Kier alpha value is -0.750. The first-order valence-electron chi connectivity index (χ1n) is 5.23. The Morgan fingerprint density at radius 2 is 1.33 bits per heavy atom. The van der Waals surface area contributed by atoms with Crippen molar-refractivity contribution in [2.45, 2.75) is 17.0 Å². The maximum absolute atomic E-state index is 4.85. The van der Waals surface area contributed by atoms with Gasteiger partial charge in [-0.15, -0.1) is 12.4 Å². The summed E-state index contributed by atoms with van der Waals surface area (Å²) in [5.74, 6) is 0. The molecule has 98 valence electrons. The van der Waals surface area contributed by atoms with E-state index >= 15 is 0 Å². The summed E-state index contributed by atoms with van der Waals surface area (Å²) < 4.78 is 0. The van der Waals surface area contributed by atoms with Crippen LogP contribution in [0.2, 0.25) is 0 Å². The topological polar surface area (TPSA) is 51.8 Å². The van der Waals surface area contributed by atoms with Crippen molar-refractivity contribution in [3.8, 4) is 0 Å². The molecule has 0 aromatic carbocycles. The van der Waals surface area contributed by atoms with Gasteiger partial charge in [0.15, 0.2) is 0 Å². The molecule has 2 aromatic heterocycles. The van der Waals surface area contributed by atoms with E-state index < -0.39 is 0 Å². The lowest BCUT2D eigenvalue weighted by Crippen LogP contribution is -1.87. The van der Waals surface area contributed by atoms with E-state index in [2.05, 4.69) is 9.97 Å². The number of rotatable bonds is 3. The first-order chi connectivity index (χ1) is 8.36. The molecule has 0 bridgehead atoms. The third kappa shape index (κ3) is 7.55. The number of halogens is 1. The highest BCUT2D eigenvalue weighted by molar-refractivity contribution is 8.76. The highest BCUT2D eigenvalue weighted by Gasteiger charge is 1.97. The Morgan fingerprint density at radius 3 is 1.61 bits per heavy atom. The Labute approximate surface area is 122 Å². The van der Waals surface area contributed by atoms with Crippen LogP contribution in [-0.2, 0) is 0 Å². The van der Waals surface area contributed by atoms with Gasteiger partial charge in [0, 0.05) is 12.4 Å². The summed E-state index contributed by atoms with van der Waals surface area (Å²) in [6.07, 6.45) is 3.59. The van der Waals surface area contributed by atoms with Crippen molar-refractivity contribution in [3.63, 3.8) is 0 Å². The zero-order chi connectivity index (χ0) is 12.3. The molecule has 0 spiro atoms. The molecule has 0 amide bonds. The van der Waals surface area contributed by atoms with Gasteiger partial charge in [-0.25, -0.2) is 9.97 Å². The molecule has 18 heavy (non-hydrogen) atoms. The first-order valence-corrected chi connectivity index (χ1v) is 7.38. The van der Waals surface area contributed by atoms with Crippen LogP contribution in [0.1, 0.15) is 6.92 Å². The smallest absolute Gasteiger partial charge is 0.107 e. The number of pyridine rings is 2. The van der Waals surface area contributed by atoms with Crippen molar-refractivity contribution in [2.75, 3.05) is 6.54 Å². The maximum Gasteiger partial charge on any atom is 0.107 e. The molecule has 2 rings (SSSR count). The third-order valence-electron chi connectivity index (χ3n) is 1.49. The van der Waals surface area contributed by atoms with E-state index in [1.165, 1.54) is 0 Å². The van der Waals surface area contributed by atoms with E-state index in [4.69, 9.17) is 5.73 Å². The van der Waals surface area contributed by atoms with Gasteiger partial charge in [-0.3, -0.25) is 0 Å². The molecule has 0 aliphatic rings. The van der Waals surface area contributed by atoms with E-state index in [9.17, 15) is 0 Å². The summed E-state index contributed by atoms with van der Waals surface area (Å²) in [5.41, 5.74) is 4.85. The van der Waals surface area contributed by atoms with Gasteiger partial charge in [0.25, 0.3) is 0 Å². The molecule has 0 saturated heterocycles. The van der Waals surface area contributed by atoms with Crippen molar-refractivity contribution in [2.24, 2.45) is 5.73 Å². The molecule has 2 heterocycles. The van der Waals surface area contributed by atoms with Gasteiger partial charge in [0.1, 0.15) is 10.1 Å². The van der Waals surface area contributed by atoms with Gasteiger partial charge in [0.05, 0.1) is 0 Å². The summed E-state index contributed by atoms with van der Waals surface area (Å²) in [7, 11) is 3.23. The lowest BCUT2D eigenvalue weighted by molar-refractivity contribution is 1.13. The second-order valence-electron chi connectivity index (χ2n) is 2.91. The highest BCUT2D eigenvalue weighted by atomic mass is 35.5. The fourth-order valence-corrected chi connectivity index (χ4v) is 2.63. The molecule has 0 fully saturated rings. The third-order valence-corrected chi connectivity index (χ3v) is 3.67. The fourth-order valence-electron chi connectivity index (χ4n) is 0.878. The molecule has 3 nitrogen and oxygen atoms in total. The molecule has 0 unspecified atom stereocenters. The number of aromatic nitrogens is 2. The highest BCUT2D eigenvalue weighted by Crippen LogP contribution is 2.34. The van der Waals surface area contributed by atoms with Crippen molar-refractivity contribution in [1.29, 1.82) is 0 Å². The molecule has 0 aliphatic carbocycles. The summed E-state index contributed by atoms with van der Waals surface area (Å²) in [5, 5.41) is 2.01. The van der Waals surface area contributed by atoms with Crippen molar-refractivity contribution in [1.82, 2.24) is 9.97 Å². The molecule has 0 aliphatic heterocycles. The van der Waals surface area contributed by atoms with E-state index in [0.29, 0.717) is 0 Å². The number of nitrogens with two attached hydrogens (primary N) is 1. The normalized spacial score (nSPS) is 8.78. The first kappa shape index (κ1) is 17.2. The van der Waals surface area contributed by atoms with Crippen LogP contribution < -0.4 is 5.73 Å². The second kappa shape index (κ2) is 11.3. The monoisotopic (exact) mass is 301 g/mol. The number of hydrogen-bond acceptors (Lipinski definition) is 5. The molecule has 0 saturated carbocycles. The van der Waals surface area contributed by atoms with Crippen molar-refractivity contribution < 1.29 is 0 Å². The van der Waals surface area contributed by atoms with E-state index in [0.717, 1.165) is 16.6 Å². The molecular formula is C12H16ClN3S2. The molecule has 0 radical (unpaired) electrons. The van der Waals surface area contributed by atoms with Crippen LogP contribution in [0, 0.1) is 0 Å². The van der Waals surface area contributed by atoms with Crippen LogP contribution >= 0.6 is 34.0 Å². The lowest BCUT2D eigenvalue weighted by atomic mass is 10.5. The minimum Gasteiger partial charge on any atom is -0.331 e. The SMILES string of the molecule is CCN.Cl.c1ccc(SSc2ccccn2)nc1. The molecular weight excluding hydrogens is 286 g/mol.